The van der Waals surface area contributed by atoms with Crippen molar-refractivity contribution in [2.45, 2.75) is 11.8 Å². The Hall–Kier alpha value is -4.45. The minimum Gasteiger partial charge on any atom is -0.496 e. The molecule has 0 aromatic heterocycles. The van der Waals surface area contributed by atoms with Gasteiger partial charge in [-0.05, 0) is 54.4 Å². The van der Waals surface area contributed by atoms with Crippen LogP contribution in [0.2, 0.25) is 0 Å². The molecule has 3 rings (SSSR count). The Bertz CT molecular complexity index is 1400. The molecule has 0 saturated heterocycles. The number of carbonyl (C=O) groups excluding carboxylic acids is 1. The van der Waals surface area contributed by atoms with Crippen molar-refractivity contribution in [1.82, 2.24) is 5.43 Å². The third kappa shape index (κ3) is 5.92. The highest BCUT2D eigenvalue weighted by Gasteiger charge is 2.28. The van der Waals surface area contributed by atoms with E-state index in [0.29, 0.717) is 16.9 Å². The minimum absolute atomic E-state index is 0.0302. The summed E-state index contributed by atoms with van der Waals surface area (Å²) in [6.45, 7) is 1.87. The topological polar surface area (TPSA) is 146 Å². The molecule has 1 N–H and O–H groups in total. The molecule has 0 fully saturated rings. The lowest BCUT2D eigenvalue weighted by Crippen LogP contribution is -2.18. The molecule has 11 nitrogen and oxygen atoms in total. The maximum Gasteiger partial charge on any atom is 0.346 e. The number of amides is 1. The maximum absolute atomic E-state index is 12.7. The van der Waals surface area contributed by atoms with E-state index in [1.807, 2.05) is 6.92 Å². The molecule has 0 saturated carbocycles. The van der Waals surface area contributed by atoms with Crippen molar-refractivity contribution in [2.75, 3.05) is 14.2 Å². The third-order valence-electron chi connectivity index (χ3n) is 4.70. The number of nitrogens with zero attached hydrogens (tertiary/aromatic N) is 2. The van der Waals surface area contributed by atoms with Gasteiger partial charge in [0.1, 0.15) is 5.75 Å². The quantitative estimate of drug-likeness (QED) is 0.204. The Morgan fingerprint density at radius 2 is 1.71 bits per heavy atom. The van der Waals surface area contributed by atoms with Crippen molar-refractivity contribution < 1.29 is 31.8 Å². The fraction of sp³-hybridized carbons (Fsp3) is 0.130. The molecule has 35 heavy (non-hydrogen) atoms. The molecule has 1 amide bonds. The molecule has 3 aromatic rings. The molecule has 0 aliphatic rings. The summed E-state index contributed by atoms with van der Waals surface area (Å²) in [4.78, 5) is 22.2. The van der Waals surface area contributed by atoms with Crippen LogP contribution in [-0.4, -0.2) is 39.7 Å². The van der Waals surface area contributed by atoms with Gasteiger partial charge in [-0.2, -0.15) is 13.5 Å². The zero-order chi connectivity index (χ0) is 25.6. The fourth-order valence-electron chi connectivity index (χ4n) is 3.03. The second-order valence-corrected chi connectivity index (χ2v) is 8.59. The first kappa shape index (κ1) is 25.2. The van der Waals surface area contributed by atoms with Crippen LogP contribution in [0.25, 0.3) is 0 Å². The van der Waals surface area contributed by atoms with E-state index >= 15 is 0 Å². The van der Waals surface area contributed by atoms with Crippen LogP contribution in [0.4, 0.5) is 5.69 Å². The first-order valence-electron chi connectivity index (χ1n) is 10.00. The third-order valence-corrected chi connectivity index (χ3v) is 5.98. The van der Waals surface area contributed by atoms with E-state index in [0.717, 1.165) is 17.7 Å². The van der Waals surface area contributed by atoms with E-state index < -0.39 is 31.5 Å². The zero-order valence-corrected chi connectivity index (χ0v) is 19.7. The van der Waals surface area contributed by atoms with E-state index in [1.165, 1.54) is 50.8 Å². The van der Waals surface area contributed by atoms with Crippen LogP contribution in [-0.2, 0) is 10.1 Å². The Morgan fingerprint density at radius 3 is 2.40 bits per heavy atom. The van der Waals surface area contributed by atoms with Gasteiger partial charge < -0.3 is 13.7 Å². The normalized spacial score (nSPS) is 11.2. The number of hydrazone groups is 1. The summed E-state index contributed by atoms with van der Waals surface area (Å²) in [6.07, 6.45) is 1.32. The fourth-order valence-corrected chi connectivity index (χ4v) is 4.14. The predicted octanol–water partition coefficient (Wildman–Crippen LogP) is 3.45. The van der Waals surface area contributed by atoms with E-state index in [4.69, 9.17) is 13.7 Å². The van der Waals surface area contributed by atoms with E-state index in [2.05, 4.69) is 10.5 Å². The highest BCUT2D eigenvalue weighted by atomic mass is 32.2. The van der Waals surface area contributed by atoms with Gasteiger partial charge in [0.25, 0.3) is 11.6 Å². The van der Waals surface area contributed by atoms with Crippen molar-refractivity contribution in [1.29, 1.82) is 0 Å². The Morgan fingerprint density at radius 1 is 1.00 bits per heavy atom. The number of nitro groups is 1. The number of aryl methyl sites for hydroxylation is 1. The summed E-state index contributed by atoms with van der Waals surface area (Å²) < 4.78 is 40.9. The highest BCUT2D eigenvalue weighted by molar-refractivity contribution is 7.87. The minimum atomic E-state index is -4.53. The smallest absolute Gasteiger partial charge is 0.346 e. The van der Waals surface area contributed by atoms with Crippen molar-refractivity contribution in [3.05, 3.63) is 87.5 Å². The Labute approximate surface area is 201 Å². The van der Waals surface area contributed by atoms with E-state index in [-0.39, 0.29) is 11.5 Å². The average molecular weight is 500 g/mol. The standard InChI is InChI=1S/C23H21N3O8S/c1-15-8-10-17(20(12-15)32-2)23(27)25-24-14-16-9-11-19(21(13-16)33-3)34-35(30,31)22-7-5-4-6-18(22)26(28)29/h4-14H,1-3H3,(H,25,27)/b24-14-. The molecule has 0 aliphatic carbocycles. The molecule has 12 heteroatoms. The van der Waals surface area contributed by atoms with Crippen LogP contribution in [0.5, 0.6) is 17.2 Å². The summed E-state index contributed by atoms with van der Waals surface area (Å²) >= 11 is 0. The molecule has 182 valence electrons. The van der Waals surface area contributed by atoms with Gasteiger partial charge in [-0.15, -0.1) is 0 Å². The Kier molecular flexibility index (Phi) is 7.66. The van der Waals surface area contributed by atoms with Gasteiger partial charge in [0.05, 0.1) is 30.9 Å². The van der Waals surface area contributed by atoms with Crippen LogP contribution in [0.1, 0.15) is 21.5 Å². The first-order valence-corrected chi connectivity index (χ1v) is 11.4. The van der Waals surface area contributed by atoms with E-state index in [9.17, 15) is 23.3 Å². The molecule has 0 bridgehead atoms. The largest absolute Gasteiger partial charge is 0.496 e. The number of hydrogen-bond acceptors (Lipinski definition) is 9. The monoisotopic (exact) mass is 499 g/mol. The average Bonchev–Trinajstić information content (AvgIpc) is 2.84. The number of carbonyl (C=O) groups is 1. The van der Waals surface area contributed by atoms with Gasteiger partial charge in [-0.1, -0.05) is 18.2 Å². The van der Waals surface area contributed by atoms with Crippen LogP contribution in [0.15, 0.2) is 70.7 Å². The van der Waals surface area contributed by atoms with Crippen LogP contribution < -0.4 is 19.1 Å². The van der Waals surface area contributed by atoms with Gasteiger partial charge >= 0.3 is 10.1 Å². The van der Waals surface area contributed by atoms with Crippen molar-refractivity contribution in [3.63, 3.8) is 0 Å². The number of para-hydroxylation sites is 1. The summed E-state index contributed by atoms with van der Waals surface area (Å²) in [7, 11) is -1.77. The van der Waals surface area contributed by atoms with E-state index in [1.54, 1.807) is 18.2 Å². The van der Waals surface area contributed by atoms with Crippen molar-refractivity contribution in [2.24, 2.45) is 5.10 Å². The number of methoxy groups -OCH3 is 2. The van der Waals surface area contributed by atoms with Gasteiger partial charge in [-0.25, -0.2) is 5.43 Å². The molecule has 0 unspecified atom stereocenters. The predicted molar refractivity (Wildman–Crippen MR) is 127 cm³/mol. The lowest BCUT2D eigenvalue weighted by Gasteiger charge is -2.11. The molecule has 0 heterocycles. The molecule has 0 atom stereocenters. The number of ether oxygens (including phenoxy) is 2. The number of nitro benzene ring substituents is 1. The zero-order valence-electron chi connectivity index (χ0n) is 18.9. The lowest BCUT2D eigenvalue weighted by atomic mass is 10.1. The Balaban J connectivity index is 1.78. The maximum atomic E-state index is 12.7. The second-order valence-electron chi connectivity index (χ2n) is 7.08. The molecule has 3 aromatic carbocycles. The van der Waals surface area contributed by atoms with Gasteiger partial charge in [-0.3, -0.25) is 14.9 Å². The number of rotatable bonds is 9. The molecule has 0 aliphatic heterocycles. The molecular formula is C23H21N3O8S. The summed E-state index contributed by atoms with van der Waals surface area (Å²) in [6, 6.07) is 14.1. The number of hydrogen-bond donors (Lipinski definition) is 1. The van der Waals surface area contributed by atoms with Crippen molar-refractivity contribution >= 4 is 27.9 Å². The summed E-state index contributed by atoms with van der Waals surface area (Å²) in [5, 5.41) is 15.1. The molecular weight excluding hydrogens is 478 g/mol. The number of benzene rings is 3. The summed E-state index contributed by atoms with van der Waals surface area (Å²) in [5.41, 5.74) is 3.46. The van der Waals surface area contributed by atoms with Gasteiger partial charge in [0.15, 0.2) is 16.4 Å². The van der Waals surface area contributed by atoms with Crippen molar-refractivity contribution in [3.8, 4) is 17.2 Å². The van der Waals surface area contributed by atoms with Gasteiger partial charge in [0, 0.05) is 6.07 Å². The highest BCUT2D eigenvalue weighted by Crippen LogP contribution is 2.32. The SMILES string of the molecule is COc1cc(/C=N\NC(=O)c2ccc(C)cc2OC)ccc1OS(=O)(=O)c1ccccc1[N+](=O)[O-]. The molecule has 0 radical (unpaired) electrons. The van der Waals surface area contributed by atoms with Crippen LogP contribution in [0, 0.1) is 17.0 Å². The summed E-state index contributed by atoms with van der Waals surface area (Å²) in [5.74, 6) is -0.236. The van der Waals surface area contributed by atoms with Crippen LogP contribution >= 0.6 is 0 Å². The number of nitrogens with one attached hydrogen (secondary N) is 1. The first-order chi connectivity index (χ1) is 16.7. The molecule has 0 spiro atoms. The van der Waals surface area contributed by atoms with Gasteiger partial charge in [0.2, 0.25) is 0 Å². The van der Waals surface area contributed by atoms with Crippen LogP contribution in [0.3, 0.4) is 0 Å². The second kappa shape index (κ2) is 10.7. The lowest BCUT2D eigenvalue weighted by molar-refractivity contribution is -0.387.